The van der Waals surface area contributed by atoms with Crippen molar-refractivity contribution in [2.75, 3.05) is 91.6 Å². The zero-order valence-electron chi connectivity index (χ0n) is 36.7. The Balaban J connectivity index is 2.41. The van der Waals surface area contributed by atoms with Crippen LogP contribution in [0.3, 0.4) is 0 Å². The fourth-order valence-electron chi connectivity index (χ4n) is 6.59. The van der Waals surface area contributed by atoms with Crippen LogP contribution in [0.25, 0.3) is 0 Å². The number of rotatable bonds is 32. The van der Waals surface area contributed by atoms with E-state index in [2.05, 4.69) is 0 Å². The van der Waals surface area contributed by atoms with Crippen LogP contribution in [0, 0.1) is 0 Å². The van der Waals surface area contributed by atoms with E-state index in [-0.39, 0.29) is 64.8 Å². The molecule has 0 aliphatic carbocycles. The molecule has 0 heterocycles. The lowest BCUT2D eigenvalue weighted by molar-refractivity contribution is -0.148. The van der Waals surface area contributed by atoms with Gasteiger partial charge in [-0.1, -0.05) is 60.7 Å². The highest BCUT2D eigenvalue weighted by Crippen LogP contribution is 2.12. The maximum atomic E-state index is 14.4. The minimum absolute atomic E-state index is 0.0252. The summed E-state index contributed by atoms with van der Waals surface area (Å²) in [7, 11) is 0. The van der Waals surface area contributed by atoms with Crippen molar-refractivity contribution in [2.24, 2.45) is 28.7 Å². The second kappa shape index (κ2) is 30.6. The number of hydrogen-bond acceptors (Lipinski definition) is 11. The van der Waals surface area contributed by atoms with Crippen LogP contribution < -0.4 is 28.7 Å². The Morgan fingerprint density at radius 1 is 0.387 bits per heavy atom. The molecule has 0 atom stereocenters. The van der Waals surface area contributed by atoms with Gasteiger partial charge in [-0.2, -0.15) is 0 Å². The Bertz CT molecular complexity index is 1670. The number of benzene rings is 2. The molecule has 0 bridgehead atoms. The molecule has 0 aliphatic heterocycles. The summed E-state index contributed by atoms with van der Waals surface area (Å²) in [4.78, 5) is 103. The molecule has 344 valence electrons. The standard InChI is InChI=1S/C44H71N11O7/c1-36(56)50(24-12-8-20-45)31-40(58)51(25-13-9-21-46)32-41(59)52(26-14-10-22-47)34-44(62)55(29-38-18-6-3-7-19-38)35-42(60)53(27-15-11-23-48)33-43(61)54(30-39(49)57)28-37-16-4-2-5-17-37/h2-7,16-19H,8-15,20-35,45-48H2,1H3,(H2,49,57). The third-order valence-corrected chi connectivity index (χ3v) is 10.1. The summed E-state index contributed by atoms with van der Waals surface area (Å²) >= 11 is 0. The molecule has 2 rings (SSSR count). The molecular weight excluding hydrogens is 795 g/mol. The molecule has 7 amide bonds. The quantitative estimate of drug-likeness (QED) is 0.0602. The summed E-state index contributed by atoms with van der Waals surface area (Å²) < 4.78 is 0. The smallest absolute Gasteiger partial charge is 0.242 e. The van der Waals surface area contributed by atoms with Crippen molar-refractivity contribution in [3.05, 3.63) is 71.8 Å². The molecule has 0 aromatic heterocycles. The number of hydrogen-bond donors (Lipinski definition) is 5. The lowest BCUT2D eigenvalue weighted by Gasteiger charge is -2.32. The minimum Gasteiger partial charge on any atom is -0.368 e. The molecule has 0 aliphatic rings. The fraction of sp³-hybridized carbons (Fsp3) is 0.568. The monoisotopic (exact) mass is 866 g/mol. The zero-order chi connectivity index (χ0) is 45.7. The van der Waals surface area contributed by atoms with Crippen molar-refractivity contribution in [3.63, 3.8) is 0 Å². The maximum Gasteiger partial charge on any atom is 0.242 e. The highest BCUT2D eigenvalue weighted by molar-refractivity contribution is 5.92. The molecule has 2 aromatic rings. The number of unbranched alkanes of at least 4 members (excludes halogenated alkanes) is 4. The lowest BCUT2D eigenvalue weighted by atomic mass is 10.2. The van der Waals surface area contributed by atoms with E-state index in [0.29, 0.717) is 84.1 Å². The van der Waals surface area contributed by atoms with Crippen LogP contribution in [0.5, 0.6) is 0 Å². The molecule has 0 radical (unpaired) electrons. The summed E-state index contributed by atoms with van der Waals surface area (Å²) in [5, 5.41) is 0. The van der Waals surface area contributed by atoms with Gasteiger partial charge in [0.05, 0.1) is 32.7 Å². The number of carbonyl (C=O) groups excluding carboxylic acids is 7. The largest absolute Gasteiger partial charge is 0.368 e. The summed E-state index contributed by atoms with van der Waals surface area (Å²) in [6, 6.07) is 18.1. The lowest BCUT2D eigenvalue weighted by Crippen LogP contribution is -2.52. The Hall–Kier alpha value is -5.43. The van der Waals surface area contributed by atoms with E-state index >= 15 is 0 Å². The minimum atomic E-state index is -0.708. The van der Waals surface area contributed by atoms with Gasteiger partial charge in [-0.15, -0.1) is 0 Å². The third-order valence-electron chi connectivity index (χ3n) is 10.1. The Labute approximate surface area is 367 Å². The van der Waals surface area contributed by atoms with Crippen molar-refractivity contribution in [1.82, 2.24) is 29.4 Å². The van der Waals surface area contributed by atoms with E-state index in [0.717, 1.165) is 11.1 Å². The average molecular weight is 866 g/mol. The molecule has 0 fully saturated rings. The van der Waals surface area contributed by atoms with Gasteiger partial charge in [0.1, 0.15) is 6.54 Å². The second-order valence-electron chi connectivity index (χ2n) is 15.3. The molecule has 62 heavy (non-hydrogen) atoms. The second-order valence-corrected chi connectivity index (χ2v) is 15.3. The molecule has 10 N–H and O–H groups in total. The van der Waals surface area contributed by atoms with Gasteiger partial charge in [0.2, 0.25) is 41.4 Å². The first-order valence-electron chi connectivity index (χ1n) is 21.6. The SMILES string of the molecule is CC(=O)N(CCCCN)CC(=O)N(CCCCN)CC(=O)N(CCCCN)CC(=O)N(CC(=O)N(CCCCN)CC(=O)N(CC(N)=O)Cc1ccccc1)Cc1ccccc1. The Morgan fingerprint density at radius 3 is 0.968 bits per heavy atom. The van der Waals surface area contributed by atoms with Crippen molar-refractivity contribution in [3.8, 4) is 0 Å². The first-order chi connectivity index (χ1) is 29.8. The highest BCUT2D eigenvalue weighted by atomic mass is 16.2. The van der Waals surface area contributed by atoms with Crippen LogP contribution in [0.4, 0.5) is 0 Å². The van der Waals surface area contributed by atoms with E-state index in [9.17, 15) is 33.6 Å². The molecule has 0 saturated carbocycles. The van der Waals surface area contributed by atoms with Crippen LogP contribution in [0.2, 0.25) is 0 Å². The van der Waals surface area contributed by atoms with Gasteiger partial charge >= 0.3 is 0 Å². The van der Waals surface area contributed by atoms with Crippen LogP contribution in [0.1, 0.15) is 69.4 Å². The first kappa shape index (κ1) is 52.7. The number of primary amides is 1. The number of amides is 7. The van der Waals surface area contributed by atoms with Gasteiger partial charge < -0.3 is 58.1 Å². The zero-order valence-corrected chi connectivity index (χ0v) is 36.7. The topological polar surface area (TPSA) is 269 Å². The highest BCUT2D eigenvalue weighted by Gasteiger charge is 2.29. The predicted molar refractivity (Wildman–Crippen MR) is 238 cm³/mol. The van der Waals surface area contributed by atoms with Crippen molar-refractivity contribution < 1.29 is 33.6 Å². The van der Waals surface area contributed by atoms with E-state index in [1.165, 1.54) is 36.3 Å². The maximum absolute atomic E-state index is 14.4. The van der Waals surface area contributed by atoms with E-state index in [1.807, 2.05) is 60.7 Å². The number of carbonyl (C=O) groups is 7. The Kier molecular flexibility index (Phi) is 26.0. The number of nitrogens with two attached hydrogens (primary N) is 5. The molecule has 0 saturated heterocycles. The van der Waals surface area contributed by atoms with Crippen LogP contribution in [-0.2, 0) is 46.7 Å². The van der Waals surface area contributed by atoms with E-state index in [1.54, 1.807) is 0 Å². The normalized spacial score (nSPS) is 10.8. The predicted octanol–water partition coefficient (Wildman–Crippen LogP) is -0.181. The van der Waals surface area contributed by atoms with Gasteiger partial charge in [0, 0.05) is 46.2 Å². The molecule has 18 heteroatoms. The van der Waals surface area contributed by atoms with Crippen LogP contribution >= 0.6 is 0 Å². The average Bonchev–Trinajstić information content (AvgIpc) is 3.25. The summed E-state index contributed by atoms with van der Waals surface area (Å²) in [5.41, 5.74) is 29.9. The van der Waals surface area contributed by atoms with E-state index in [4.69, 9.17) is 28.7 Å². The van der Waals surface area contributed by atoms with Crippen LogP contribution in [0.15, 0.2) is 60.7 Å². The van der Waals surface area contributed by atoms with E-state index < -0.39 is 48.5 Å². The van der Waals surface area contributed by atoms with Crippen molar-refractivity contribution in [2.45, 2.75) is 71.4 Å². The fourth-order valence-corrected chi connectivity index (χ4v) is 6.59. The molecule has 0 unspecified atom stereocenters. The molecule has 0 spiro atoms. The third kappa shape index (κ3) is 20.9. The first-order valence-corrected chi connectivity index (χ1v) is 21.6. The van der Waals surface area contributed by atoms with Gasteiger partial charge in [0.25, 0.3) is 0 Å². The van der Waals surface area contributed by atoms with Crippen molar-refractivity contribution >= 4 is 41.4 Å². The van der Waals surface area contributed by atoms with Crippen molar-refractivity contribution in [1.29, 1.82) is 0 Å². The Morgan fingerprint density at radius 2 is 0.661 bits per heavy atom. The number of nitrogens with zero attached hydrogens (tertiary/aromatic N) is 6. The van der Waals surface area contributed by atoms with Gasteiger partial charge in [-0.05, 0) is 88.7 Å². The molecular formula is C44H71N11O7. The van der Waals surface area contributed by atoms with Gasteiger partial charge in [0.15, 0.2) is 0 Å². The summed E-state index contributed by atoms with van der Waals surface area (Å²) in [6.45, 7) is 1.86. The molecule has 18 nitrogen and oxygen atoms in total. The van der Waals surface area contributed by atoms with Crippen LogP contribution in [-0.4, -0.2) is 162 Å². The van der Waals surface area contributed by atoms with Gasteiger partial charge in [-0.3, -0.25) is 33.6 Å². The summed E-state index contributed by atoms with van der Waals surface area (Å²) in [6.07, 6.45) is 4.56. The summed E-state index contributed by atoms with van der Waals surface area (Å²) in [5.74, 6) is -3.42. The van der Waals surface area contributed by atoms with Gasteiger partial charge in [-0.25, -0.2) is 0 Å². The molecule has 2 aromatic carbocycles.